The van der Waals surface area contributed by atoms with E-state index in [0.717, 1.165) is 45.5 Å². The van der Waals surface area contributed by atoms with Crippen LogP contribution in [0.15, 0.2) is 54.9 Å². The summed E-state index contributed by atoms with van der Waals surface area (Å²) in [6.07, 6.45) is 4.12. The molecule has 3 aliphatic heterocycles. The van der Waals surface area contributed by atoms with E-state index in [1.807, 2.05) is 37.3 Å². The SMILES string of the molecule is Cc1cc(N2CCN(Cc3ccc4c(c3)COCO4)C(C(=O)NCCc3ccc4c(c3)OCO4)C2)nc(-c2ncc[nH]2)n1. The molecule has 0 spiro atoms. The van der Waals surface area contributed by atoms with E-state index >= 15 is 0 Å². The van der Waals surface area contributed by atoms with Crippen LogP contribution in [0.1, 0.15) is 22.4 Å². The standard InChI is InChI=1S/C31H33N7O5/c1-20-12-28(36-30(35-20)29-32-8-9-33-29)38-11-10-37(15-22-3-4-25-23(13-22)17-40-18-41-25)24(16-38)31(39)34-7-6-21-2-5-26-27(14-21)43-19-42-26/h2-5,8-9,12-14,24H,6-7,10-11,15-19H2,1H3,(H,32,33)(H,34,39). The molecule has 3 aliphatic rings. The molecule has 43 heavy (non-hydrogen) atoms. The van der Waals surface area contributed by atoms with Gasteiger partial charge in [0.05, 0.1) is 6.61 Å². The molecule has 12 nitrogen and oxygen atoms in total. The van der Waals surface area contributed by atoms with E-state index in [1.54, 1.807) is 12.4 Å². The largest absolute Gasteiger partial charge is 0.467 e. The van der Waals surface area contributed by atoms with Crippen molar-refractivity contribution >= 4 is 11.7 Å². The molecule has 2 aromatic carbocycles. The van der Waals surface area contributed by atoms with Crippen LogP contribution in [-0.2, 0) is 29.1 Å². The van der Waals surface area contributed by atoms with Crippen molar-refractivity contribution in [2.75, 3.05) is 44.7 Å². The first-order valence-electron chi connectivity index (χ1n) is 14.4. The maximum absolute atomic E-state index is 13.8. The van der Waals surface area contributed by atoms with E-state index < -0.39 is 6.04 Å². The third kappa shape index (κ3) is 5.97. The van der Waals surface area contributed by atoms with Crippen molar-refractivity contribution in [3.8, 4) is 28.9 Å². The zero-order valence-electron chi connectivity index (χ0n) is 23.9. The zero-order chi connectivity index (χ0) is 29.2. The normalized spacial score (nSPS) is 17.8. The maximum Gasteiger partial charge on any atom is 0.239 e. The lowest BCUT2D eigenvalue weighted by molar-refractivity contribution is -0.126. The molecule has 0 bridgehead atoms. The van der Waals surface area contributed by atoms with Gasteiger partial charge in [0.2, 0.25) is 12.7 Å². The van der Waals surface area contributed by atoms with Crippen LogP contribution in [0.2, 0.25) is 0 Å². The minimum absolute atomic E-state index is 0.0212. The Morgan fingerprint density at radius 2 is 1.86 bits per heavy atom. The number of fused-ring (bicyclic) bond motifs is 2. The van der Waals surface area contributed by atoms with Gasteiger partial charge in [-0.15, -0.1) is 0 Å². The average Bonchev–Trinajstić information content (AvgIpc) is 3.74. The van der Waals surface area contributed by atoms with E-state index in [1.165, 1.54) is 0 Å². The Kier molecular flexibility index (Phi) is 7.52. The number of amides is 1. The van der Waals surface area contributed by atoms with Crippen LogP contribution in [0.3, 0.4) is 0 Å². The van der Waals surface area contributed by atoms with Gasteiger partial charge in [0.15, 0.2) is 29.9 Å². The lowest BCUT2D eigenvalue weighted by Crippen LogP contribution is -2.59. The Morgan fingerprint density at radius 1 is 1.00 bits per heavy atom. The predicted molar refractivity (Wildman–Crippen MR) is 157 cm³/mol. The topological polar surface area (TPSA) is 127 Å². The van der Waals surface area contributed by atoms with Gasteiger partial charge in [-0.3, -0.25) is 9.69 Å². The van der Waals surface area contributed by atoms with Gasteiger partial charge in [-0.25, -0.2) is 15.0 Å². The summed E-state index contributed by atoms with van der Waals surface area (Å²) in [4.78, 5) is 35.0. The quantitative estimate of drug-likeness (QED) is 0.320. The summed E-state index contributed by atoms with van der Waals surface area (Å²) >= 11 is 0. The number of carbonyl (C=O) groups is 1. The van der Waals surface area contributed by atoms with Crippen molar-refractivity contribution in [3.05, 3.63) is 77.2 Å². The molecule has 0 saturated carbocycles. The molecule has 0 radical (unpaired) electrons. The molecule has 222 valence electrons. The fourth-order valence-corrected chi connectivity index (χ4v) is 5.69. The number of nitrogens with zero attached hydrogens (tertiary/aromatic N) is 5. The second-order valence-corrected chi connectivity index (χ2v) is 10.8. The van der Waals surface area contributed by atoms with Crippen LogP contribution in [0.5, 0.6) is 17.2 Å². The summed E-state index contributed by atoms with van der Waals surface area (Å²) in [5, 5.41) is 3.18. The Bertz CT molecular complexity index is 1610. The van der Waals surface area contributed by atoms with E-state index in [2.05, 4.69) is 42.2 Å². The summed E-state index contributed by atoms with van der Waals surface area (Å²) in [5.41, 5.74) is 4.04. The summed E-state index contributed by atoms with van der Waals surface area (Å²) in [7, 11) is 0. The highest BCUT2D eigenvalue weighted by molar-refractivity contribution is 5.82. The van der Waals surface area contributed by atoms with Crippen LogP contribution in [-0.4, -0.2) is 76.5 Å². The molecular weight excluding hydrogens is 550 g/mol. The van der Waals surface area contributed by atoms with Gasteiger partial charge in [-0.2, -0.15) is 0 Å². The highest BCUT2D eigenvalue weighted by Gasteiger charge is 2.33. The molecule has 4 aromatic rings. The Hall–Kier alpha value is -4.68. The number of anilines is 1. The summed E-state index contributed by atoms with van der Waals surface area (Å²) in [5.74, 6) is 4.25. The van der Waals surface area contributed by atoms with Crippen molar-refractivity contribution in [2.45, 2.75) is 32.5 Å². The van der Waals surface area contributed by atoms with Crippen molar-refractivity contribution in [1.82, 2.24) is 30.2 Å². The monoisotopic (exact) mass is 583 g/mol. The van der Waals surface area contributed by atoms with Gasteiger partial charge in [-0.05, 0) is 48.7 Å². The van der Waals surface area contributed by atoms with Crippen molar-refractivity contribution in [1.29, 1.82) is 0 Å². The second-order valence-electron chi connectivity index (χ2n) is 10.8. The highest BCUT2D eigenvalue weighted by atomic mass is 16.7. The molecule has 1 amide bonds. The van der Waals surface area contributed by atoms with Crippen LogP contribution >= 0.6 is 0 Å². The fraction of sp³-hybridized carbons (Fsp3) is 0.355. The number of benzene rings is 2. The van der Waals surface area contributed by atoms with Crippen molar-refractivity contribution < 1.29 is 23.7 Å². The van der Waals surface area contributed by atoms with Gasteiger partial charge in [-0.1, -0.05) is 12.1 Å². The number of nitrogens with one attached hydrogen (secondary N) is 2. The number of imidazole rings is 1. The van der Waals surface area contributed by atoms with E-state index in [4.69, 9.17) is 23.9 Å². The van der Waals surface area contributed by atoms with Crippen LogP contribution < -0.4 is 24.4 Å². The first-order chi connectivity index (χ1) is 21.1. The number of rotatable bonds is 8. The van der Waals surface area contributed by atoms with Gasteiger partial charge in [0.25, 0.3) is 0 Å². The molecular formula is C31H33N7O5. The molecule has 12 heteroatoms. The highest BCUT2D eigenvalue weighted by Crippen LogP contribution is 2.32. The number of piperazine rings is 1. The third-order valence-electron chi connectivity index (χ3n) is 7.88. The minimum Gasteiger partial charge on any atom is -0.467 e. The number of aryl methyl sites for hydroxylation is 1. The lowest BCUT2D eigenvalue weighted by atomic mass is 10.1. The summed E-state index contributed by atoms with van der Waals surface area (Å²) < 4.78 is 22.0. The predicted octanol–water partition coefficient (Wildman–Crippen LogP) is 2.82. The summed E-state index contributed by atoms with van der Waals surface area (Å²) in [6.45, 7) is 5.99. The molecule has 2 N–H and O–H groups in total. The van der Waals surface area contributed by atoms with Crippen molar-refractivity contribution in [2.24, 2.45) is 0 Å². The zero-order valence-corrected chi connectivity index (χ0v) is 23.9. The van der Waals surface area contributed by atoms with Gasteiger partial charge >= 0.3 is 0 Å². The molecule has 1 unspecified atom stereocenters. The minimum atomic E-state index is -0.392. The van der Waals surface area contributed by atoms with Gasteiger partial charge in [0.1, 0.15) is 17.6 Å². The first-order valence-corrected chi connectivity index (χ1v) is 14.4. The molecule has 0 aliphatic carbocycles. The number of hydrogen-bond donors (Lipinski definition) is 2. The Labute approximate surface area is 249 Å². The lowest BCUT2D eigenvalue weighted by Gasteiger charge is -2.41. The van der Waals surface area contributed by atoms with Crippen molar-refractivity contribution in [3.63, 3.8) is 0 Å². The Morgan fingerprint density at radius 3 is 2.77 bits per heavy atom. The molecule has 1 saturated heterocycles. The van der Waals surface area contributed by atoms with E-state index in [9.17, 15) is 4.79 Å². The average molecular weight is 584 g/mol. The molecule has 2 aromatic heterocycles. The molecule has 5 heterocycles. The maximum atomic E-state index is 13.8. The van der Waals surface area contributed by atoms with E-state index in [0.29, 0.717) is 57.4 Å². The summed E-state index contributed by atoms with van der Waals surface area (Å²) in [6, 6.07) is 13.6. The van der Waals surface area contributed by atoms with Crippen LogP contribution in [0, 0.1) is 6.92 Å². The molecule has 1 atom stereocenters. The number of carbonyl (C=O) groups excluding carboxylic acids is 1. The molecule has 7 rings (SSSR count). The van der Waals surface area contributed by atoms with Gasteiger partial charge < -0.3 is 34.1 Å². The van der Waals surface area contributed by atoms with Gasteiger partial charge in [0, 0.05) is 62.4 Å². The van der Waals surface area contributed by atoms with Crippen LogP contribution in [0.25, 0.3) is 11.6 Å². The number of aromatic amines is 1. The van der Waals surface area contributed by atoms with Crippen LogP contribution in [0.4, 0.5) is 5.82 Å². The number of H-pyrrole nitrogens is 1. The number of aromatic nitrogens is 4. The third-order valence-corrected chi connectivity index (χ3v) is 7.88. The second kappa shape index (κ2) is 11.9. The first kappa shape index (κ1) is 27.2. The number of ether oxygens (including phenoxy) is 4. The fourth-order valence-electron chi connectivity index (χ4n) is 5.69. The number of hydrogen-bond acceptors (Lipinski definition) is 10. The van der Waals surface area contributed by atoms with E-state index in [-0.39, 0.29) is 19.5 Å². The Balaban J connectivity index is 1.09. The smallest absolute Gasteiger partial charge is 0.239 e. The molecule has 1 fully saturated rings.